The Balaban J connectivity index is 1.22. The SMILES string of the molecule is c1ccc(-c2ccc(N(c3ccc(-c4ccccc4)cc3)c3cccc4c3Oc3ccccc3C43c4ccccc4Oc4ccccc43)cc2)cc1. The fourth-order valence-electron chi connectivity index (χ4n) is 8.09. The molecule has 8 aromatic carbocycles. The normalized spacial score (nSPS) is 13.1. The van der Waals surface area contributed by atoms with Crippen LogP contribution in [0.3, 0.4) is 0 Å². The van der Waals surface area contributed by atoms with Crippen molar-refractivity contribution >= 4 is 17.1 Å². The van der Waals surface area contributed by atoms with E-state index in [2.05, 4.69) is 193 Å². The second-order valence-electron chi connectivity index (χ2n) is 13.3. The summed E-state index contributed by atoms with van der Waals surface area (Å²) in [5.41, 5.74) is 11.4. The van der Waals surface area contributed by atoms with Crippen molar-refractivity contribution in [1.82, 2.24) is 0 Å². The van der Waals surface area contributed by atoms with E-state index in [-0.39, 0.29) is 0 Å². The summed E-state index contributed by atoms with van der Waals surface area (Å²) in [5.74, 6) is 3.33. The lowest BCUT2D eigenvalue weighted by Crippen LogP contribution is -2.37. The number of hydrogen-bond acceptors (Lipinski definition) is 3. The molecule has 0 radical (unpaired) electrons. The average molecular weight is 668 g/mol. The molecule has 0 amide bonds. The Hall–Kier alpha value is -6.84. The van der Waals surface area contributed by atoms with E-state index < -0.39 is 5.41 Å². The van der Waals surface area contributed by atoms with Gasteiger partial charge in [-0.2, -0.15) is 0 Å². The fourth-order valence-corrected chi connectivity index (χ4v) is 8.09. The van der Waals surface area contributed by atoms with E-state index in [4.69, 9.17) is 9.47 Å². The van der Waals surface area contributed by atoms with E-state index in [1.807, 2.05) is 12.1 Å². The van der Waals surface area contributed by atoms with Crippen molar-refractivity contribution in [1.29, 1.82) is 0 Å². The van der Waals surface area contributed by atoms with Crippen LogP contribution in [0.25, 0.3) is 22.3 Å². The van der Waals surface area contributed by atoms with Gasteiger partial charge in [-0.15, -0.1) is 0 Å². The van der Waals surface area contributed by atoms with Crippen LogP contribution in [0.4, 0.5) is 17.1 Å². The van der Waals surface area contributed by atoms with Crippen molar-refractivity contribution in [3.05, 3.63) is 222 Å². The zero-order valence-corrected chi connectivity index (χ0v) is 28.3. The van der Waals surface area contributed by atoms with Gasteiger partial charge in [-0.05, 0) is 70.8 Å². The van der Waals surface area contributed by atoms with Crippen LogP contribution in [-0.2, 0) is 5.41 Å². The molecule has 0 fully saturated rings. The van der Waals surface area contributed by atoms with Crippen LogP contribution in [-0.4, -0.2) is 0 Å². The second kappa shape index (κ2) is 12.2. The van der Waals surface area contributed by atoms with E-state index in [1.54, 1.807) is 0 Å². The topological polar surface area (TPSA) is 21.7 Å². The molecule has 0 unspecified atom stereocenters. The molecule has 246 valence electrons. The monoisotopic (exact) mass is 667 g/mol. The van der Waals surface area contributed by atoms with Crippen LogP contribution in [0.5, 0.6) is 23.0 Å². The summed E-state index contributed by atoms with van der Waals surface area (Å²) < 4.78 is 13.7. The summed E-state index contributed by atoms with van der Waals surface area (Å²) in [4.78, 5) is 2.32. The molecule has 3 nitrogen and oxygen atoms in total. The molecule has 0 bridgehead atoms. The first-order valence-corrected chi connectivity index (χ1v) is 17.7. The fraction of sp³-hybridized carbons (Fsp3) is 0.0204. The molecule has 10 rings (SSSR count). The summed E-state index contributed by atoms with van der Waals surface area (Å²) in [5, 5.41) is 0. The maximum atomic E-state index is 7.09. The molecule has 8 aromatic rings. The van der Waals surface area contributed by atoms with Gasteiger partial charge in [0.25, 0.3) is 0 Å². The van der Waals surface area contributed by atoms with Gasteiger partial charge in [0, 0.05) is 33.6 Å². The molecular weight excluding hydrogens is 635 g/mol. The molecule has 0 N–H and O–H groups in total. The maximum Gasteiger partial charge on any atom is 0.156 e. The van der Waals surface area contributed by atoms with Crippen molar-refractivity contribution in [3.63, 3.8) is 0 Å². The third-order valence-corrected chi connectivity index (χ3v) is 10.4. The van der Waals surface area contributed by atoms with Gasteiger partial charge in [-0.1, -0.05) is 152 Å². The van der Waals surface area contributed by atoms with Gasteiger partial charge in [0.1, 0.15) is 17.2 Å². The molecule has 0 saturated carbocycles. The summed E-state index contributed by atoms with van der Waals surface area (Å²) in [7, 11) is 0. The number of anilines is 3. The molecule has 2 aliphatic rings. The predicted octanol–water partition coefficient (Wildman–Crippen LogP) is 13.1. The zero-order valence-electron chi connectivity index (χ0n) is 28.3. The van der Waals surface area contributed by atoms with Crippen molar-refractivity contribution in [3.8, 4) is 45.3 Å². The lowest BCUT2D eigenvalue weighted by molar-refractivity contribution is 0.400. The van der Waals surface area contributed by atoms with E-state index in [1.165, 1.54) is 22.3 Å². The number of para-hydroxylation sites is 4. The van der Waals surface area contributed by atoms with Crippen molar-refractivity contribution in [2.75, 3.05) is 4.90 Å². The first-order valence-electron chi connectivity index (χ1n) is 17.7. The van der Waals surface area contributed by atoms with Gasteiger partial charge in [-0.3, -0.25) is 0 Å². The summed E-state index contributed by atoms with van der Waals surface area (Å²) in [6.07, 6.45) is 0. The van der Waals surface area contributed by atoms with E-state index in [0.29, 0.717) is 0 Å². The molecule has 0 aromatic heterocycles. The smallest absolute Gasteiger partial charge is 0.156 e. The largest absolute Gasteiger partial charge is 0.457 e. The van der Waals surface area contributed by atoms with Crippen molar-refractivity contribution < 1.29 is 9.47 Å². The molecular formula is C49H33NO2. The highest BCUT2D eigenvalue weighted by molar-refractivity contribution is 5.87. The Morgan fingerprint density at radius 2 is 0.692 bits per heavy atom. The minimum Gasteiger partial charge on any atom is -0.457 e. The van der Waals surface area contributed by atoms with Crippen molar-refractivity contribution in [2.24, 2.45) is 0 Å². The lowest BCUT2D eigenvalue weighted by atomic mass is 9.62. The van der Waals surface area contributed by atoms with E-state index in [0.717, 1.165) is 62.3 Å². The molecule has 2 heterocycles. The highest BCUT2D eigenvalue weighted by Gasteiger charge is 2.51. The van der Waals surface area contributed by atoms with E-state index >= 15 is 0 Å². The minimum atomic E-state index is -0.675. The molecule has 52 heavy (non-hydrogen) atoms. The zero-order chi connectivity index (χ0) is 34.5. The number of ether oxygens (including phenoxy) is 2. The summed E-state index contributed by atoms with van der Waals surface area (Å²) >= 11 is 0. The van der Waals surface area contributed by atoms with Gasteiger partial charge < -0.3 is 14.4 Å². The maximum absolute atomic E-state index is 7.09. The Morgan fingerprint density at radius 3 is 1.17 bits per heavy atom. The van der Waals surface area contributed by atoms with E-state index in [9.17, 15) is 0 Å². The number of fused-ring (bicyclic) bond motifs is 8. The van der Waals surface area contributed by atoms with Crippen LogP contribution in [0, 0.1) is 0 Å². The Labute approximate surface area is 303 Å². The summed E-state index contributed by atoms with van der Waals surface area (Å²) in [6, 6.07) is 70.5. The summed E-state index contributed by atoms with van der Waals surface area (Å²) in [6.45, 7) is 0. The molecule has 1 spiro atoms. The van der Waals surface area contributed by atoms with Crippen molar-refractivity contribution in [2.45, 2.75) is 5.41 Å². The number of benzene rings is 8. The van der Waals surface area contributed by atoms with Crippen LogP contribution in [0.15, 0.2) is 200 Å². The predicted molar refractivity (Wildman–Crippen MR) is 210 cm³/mol. The Kier molecular flexibility index (Phi) is 7.04. The highest BCUT2D eigenvalue weighted by atomic mass is 16.5. The van der Waals surface area contributed by atoms with Crippen LogP contribution in [0.2, 0.25) is 0 Å². The highest BCUT2D eigenvalue weighted by Crippen LogP contribution is 2.63. The molecule has 0 aliphatic carbocycles. The standard InChI is InChI=1S/C49H33NO2/c1-3-14-34(15-4-1)36-26-30-38(31-27-36)50(39-32-28-37(29-33-39)35-16-5-2-6-17-35)44-22-13-21-43-48(44)52-47-25-12-9-20-42(47)49(43)40-18-7-10-23-45(40)51-46-24-11-8-19-41(46)49/h1-33H. The molecule has 2 aliphatic heterocycles. The second-order valence-corrected chi connectivity index (χ2v) is 13.3. The van der Waals surface area contributed by atoms with Gasteiger partial charge in [0.15, 0.2) is 5.75 Å². The van der Waals surface area contributed by atoms with Crippen LogP contribution in [0.1, 0.15) is 22.3 Å². The van der Waals surface area contributed by atoms with Gasteiger partial charge >= 0.3 is 0 Å². The molecule has 3 heteroatoms. The van der Waals surface area contributed by atoms with Crippen LogP contribution < -0.4 is 14.4 Å². The third-order valence-electron chi connectivity index (χ3n) is 10.4. The minimum absolute atomic E-state index is 0.675. The van der Waals surface area contributed by atoms with Crippen LogP contribution >= 0.6 is 0 Å². The Bertz CT molecular complexity index is 2410. The Morgan fingerprint density at radius 1 is 0.308 bits per heavy atom. The average Bonchev–Trinajstić information content (AvgIpc) is 3.22. The molecule has 0 atom stereocenters. The van der Waals surface area contributed by atoms with Gasteiger partial charge in [-0.25, -0.2) is 0 Å². The first-order chi connectivity index (χ1) is 25.8. The lowest BCUT2D eigenvalue weighted by Gasteiger charge is -2.45. The molecule has 0 saturated heterocycles. The third kappa shape index (κ3) is 4.67. The number of hydrogen-bond donors (Lipinski definition) is 0. The first kappa shape index (κ1) is 30.0. The number of rotatable bonds is 5. The van der Waals surface area contributed by atoms with Gasteiger partial charge in [0.2, 0.25) is 0 Å². The van der Waals surface area contributed by atoms with Gasteiger partial charge in [0.05, 0.1) is 11.1 Å². The quantitative estimate of drug-likeness (QED) is 0.182. The number of nitrogens with zero attached hydrogens (tertiary/aromatic N) is 1.